The van der Waals surface area contributed by atoms with Crippen molar-refractivity contribution >= 4 is 163 Å². The Kier molecular flexibility index (Phi) is 51.8. The predicted octanol–water partition coefficient (Wildman–Crippen LogP) is 7.25. The van der Waals surface area contributed by atoms with Gasteiger partial charge in [0, 0.05) is 11.4 Å². The van der Waals surface area contributed by atoms with Gasteiger partial charge in [0.15, 0.2) is 0 Å². The maximum Gasteiger partial charge on any atom is 0.341 e. The van der Waals surface area contributed by atoms with Crippen LogP contribution >= 0.6 is 23.2 Å². The third-order valence-corrected chi connectivity index (χ3v) is 22.3. The van der Waals surface area contributed by atoms with Gasteiger partial charge in [0.05, 0.1) is 182 Å². The van der Waals surface area contributed by atoms with Crippen molar-refractivity contribution < 1.29 is 189 Å². The number of benzene rings is 8. The van der Waals surface area contributed by atoms with E-state index in [9.17, 15) is 151 Å². The van der Waals surface area contributed by atoms with Crippen LogP contribution in [0.25, 0.3) is 0 Å². The van der Waals surface area contributed by atoms with Gasteiger partial charge in [-0.2, -0.15) is 0 Å². The number of carbonyl (C=O) groups is 8. The molecule has 0 unspecified atom stereocenters. The van der Waals surface area contributed by atoms with E-state index in [2.05, 4.69) is 23.7 Å². The Hall–Kier alpha value is -11.2. The van der Waals surface area contributed by atoms with Gasteiger partial charge < -0.3 is 85.8 Å². The molecule has 0 fully saturated rings. The molecule has 0 atom stereocenters. The number of esters is 8. The molecule has 0 radical (unpaired) electrons. The van der Waals surface area contributed by atoms with Gasteiger partial charge in [-0.3, -0.25) is 0 Å². The molecule has 8 aromatic carbocycles. The number of anilines is 2. The number of hydrogen-bond donors (Lipinski definition) is 2. The van der Waals surface area contributed by atoms with E-state index in [4.69, 9.17) is 48.9 Å². The summed E-state index contributed by atoms with van der Waals surface area (Å²) in [6.45, 7) is 15.4. The minimum absolute atomic E-state index is 0.139. The highest BCUT2D eigenvalue weighted by Crippen LogP contribution is 2.24. The van der Waals surface area contributed by atoms with Gasteiger partial charge >= 0.3 is 47.8 Å². The van der Waals surface area contributed by atoms with Gasteiger partial charge in [-0.15, -0.1) is 0 Å². The van der Waals surface area contributed by atoms with E-state index in [-0.39, 0.29) is 49.1 Å². The van der Waals surface area contributed by atoms with E-state index in [0.29, 0.717) is 27.9 Å². The van der Waals surface area contributed by atoms with Gasteiger partial charge in [-0.25, -0.2) is 114 Å². The highest BCUT2D eigenvalue weighted by Gasteiger charge is 2.21. The van der Waals surface area contributed by atoms with Crippen LogP contribution in [-0.4, -0.2) is 250 Å². The fourth-order valence-corrected chi connectivity index (χ4v) is 12.6. The molecule has 0 spiro atoms. The smallest absolute Gasteiger partial charge is 0.341 e. The van der Waals surface area contributed by atoms with Crippen LogP contribution in [0, 0.1) is 87.8 Å². The van der Waals surface area contributed by atoms with Crippen molar-refractivity contribution in [3.05, 3.63) is 267 Å². The van der Waals surface area contributed by atoms with E-state index >= 15 is 0 Å². The maximum atomic E-state index is 13.3. The van der Waals surface area contributed by atoms with Crippen LogP contribution in [0.5, 0.6) is 0 Å². The average Bonchev–Trinajstić information content (AvgIpc) is 0.836. The molecule has 0 amide bonds. The lowest BCUT2D eigenvalue weighted by atomic mass is 10.0. The Morgan fingerprint density at radius 1 is 0.263 bits per heavy atom. The molecule has 0 saturated carbocycles. The Labute approximate surface area is 799 Å². The Morgan fingerprint density at radius 2 is 0.577 bits per heavy atom. The Balaban J connectivity index is 0.000000783. The number of carbonyl (C=O) groups excluding carboxylic acids is 8. The second kappa shape index (κ2) is 57.3. The lowest BCUT2D eigenvalue weighted by molar-refractivity contribution is 0.0511. The van der Waals surface area contributed by atoms with Crippen molar-refractivity contribution in [1.82, 2.24) is 0 Å². The molecule has 0 heterocycles. The van der Waals surface area contributed by atoms with E-state index in [0.717, 1.165) is 62.2 Å². The van der Waals surface area contributed by atoms with Crippen molar-refractivity contribution in [3.8, 4) is 0 Å². The van der Waals surface area contributed by atoms with Crippen molar-refractivity contribution in [2.75, 3.05) is 110 Å². The number of hydrogen-bond acceptors (Lipinski definition) is 42. The van der Waals surface area contributed by atoms with Crippen LogP contribution in [0.1, 0.15) is 144 Å². The van der Waals surface area contributed by atoms with Crippen LogP contribution in [0.4, 0.5) is 20.2 Å². The molecule has 0 saturated heterocycles. The highest BCUT2D eigenvalue weighted by molar-refractivity contribution is 7.87. The summed E-state index contributed by atoms with van der Waals surface area (Å²) in [5.41, 5.74) is 21.6. The van der Waals surface area contributed by atoms with E-state index in [1.165, 1.54) is 61.5 Å². The molecule has 8 aromatic rings. The third-order valence-electron chi connectivity index (χ3n) is 16.3. The molecule has 0 bridgehead atoms. The Bertz CT molecular complexity index is 6320. The number of rotatable bonds is 32. The number of nitrogens with two attached hydrogens (primary N) is 2. The summed E-state index contributed by atoms with van der Waals surface area (Å²) in [5.74, 6) is -13.7. The topological polar surface area (TPSA) is 720 Å². The SMILES string of the molecule is Cc1cc(C(=O)OCCS(=O)(=O)[O-])ccc1N.Cc1cc(C)c(N)c(C(=O)OCCS(=O)(=O)[O-])c1.Cc1cc(C)cc(C(=O)OCCS(=O)(=O)[O-])c1.Cc1ccc(C(=O)OCCS(=O)(=O)[O-])c(Cl)c1.Cc1ccc(C)c(C(=O)OCCS(=O)(=O)[O-])c1.Cc1ccc(Cl)c(C(=O)OCCS(=O)(=O)[O-])c1.Cc1ccc(F)c(C(=O)OCCS(=O)(=O)[O-])c1.Cc1cccc(F)c1C(=O)OCCS(=O)(=O)[O-]. The number of aryl methyl sites for hydroxylation is 11. The van der Waals surface area contributed by atoms with Crippen LogP contribution in [0.2, 0.25) is 10.0 Å². The first-order chi connectivity index (χ1) is 62.8. The summed E-state index contributed by atoms with van der Waals surface area (Å²) in [4.78, 5) is 91.9. The third kappa shape index (κ3) is 55.7. The Morgan fingerprint density at radius 3 is 0.971 bits per heavy atom. The molecule has 0 aliphatic carbocycles. The summed E-state index contributed by atoms with van der Waals surface area (Å²) >= 11 is 11.6. The molecule has 137 heavy (non-hydrogen) atoms. The summed E-state index contributed by atoms with van der Waals surface area (Å²) in [7, 11) is -35.1. The summed E-state index contributed by atoms with van der Waals surface area (Å²) in [5, 5.41) is 0.436. The van der Waals surface area contributed by atoms with E-state index in [1.54, 1.807) is 96.1 Å². The second-order valence-electron chi connectivity index (χ2n) is 28.4. The molecule has 0 aliphatic rings. The minimum atomic E-state index is -4.44. The standard InChI is InChI=1S/C11H15NO5S.2C11H14O5S.2C10H11ClO5S.2C10H11FO5S.C10H13NO5S/c1-7-5-8(2)10(12)9(6-7)11(13)17-3-4-18(14,15)16;1-8-5-9(2)7-10(6-8)11(12)16-3-4-17(13,14)15;1-8-3-4-9(2)10(7-8)11(12)16-5-6-17(13,14)15;1-7-2-3-9(11)8(6-7)10(12)16-4-5-17(13,14)15;1-7-2-3-8(9(11)6-7)10(12)16-4-5-17(13,14)15;1-7-2-3-9(11)8(6-7)10(12)16-4-5-17(13,14)15;1-7-3-2-4-8(11)9(7)10(12)16-5-6-17(13,14)15;1-7-6-8(2-3-9(7)11)10(12)16-4-5-17(13,14)15/h5-6H,3-4,12H2,1-2H3,(H,14,15,16);5-7H,3-4H2,1-2H3,(H,13,14,15);3-4,7H,5-6H2,1-2H3,(H,13,14,15);3*2-3,6H,4-5H2,1H3,(H,13,14,15);2-4H,5-6H2,1H3,(H,13,14,15);2-3,6H,4-5,11H2,1H3,(H,13,14,15)/p-8. The lowest BCUT2D eigenvalue weighted by Gasteiger charge is -2.11. The van der Waals surface area contributed by atoms with E-state index in [1.807, 2.05) is 45.9 Å². The van der Waals surface area contributed by atoms with Crippen molar-refractivity contribution in [3.63, 3.8) is 0 Å². The molecule has 758 valence electrons. The predicted molar refractivity (Wildman–Crippen MR) is 481 cm³/mol. The summed E-state index contributed by atoms with van der Waals surface area (Å²) in [6.07, 6.45) is 0. The van der Waals surface area contributed by atoms with Crippen LogP contribution in [-0.2, 0) is 119 Å². The zero-order valence-electron chi connectivity index (χ0n) is 74.4. The fraction of sp³-hybridized carbons (Fsp3) is 0.325. The van der Waals surface area contributed by atoms with Crippen LogP contribution < -0.4 is 11.5 Å². The molecule has 0 aliphatic heterocycles. The minimum Gasteiger partial charge on any atom is -0.748 e. The zero-order valence-corrected chi connectivity index (χ0v) is 82.4. The van der Waals surface area contributed by atoms with Crippen molar-refractivity contribution in [1.29, 1.82) is 0 Å². The fourth-order valence-electron chi connectivity index (χ4n) is 9.78. The largest absolute Gasteiger partial charge is 0.748 e. The van der Waals surface area contributed by atoms with E-state index < -0.39 is 239 Å². The highest BCUT2D eigenvalue weighted by atomic mass is 35.5. The first kappa shape index (κ1) is 124. The lowest BCUT2D eigenvalue weighted by Crippen LogP contribution is -2.16. The van der Waals surface area contributed by atoms with Crippen LogP contribution in [0.15, 0.2) is 140 Å². The number of ether oxygens (including phenoxy) is 8. The molecule has 0 aromatic heterocycles. The molecule has 8 rings (SSSR count). The quantitative estimate of drug-likeness (QED) is 0.0181. The van der Waals surface area contributed by atoms with Crippen molar-refractivity contribution in [2.24, 2.45) is 0 Å². The first-order valence-electron chi connectivity index (χ1n) is 38.5. The molecule has 4 N–H and O–H groups in total. The van der Waals surface area contributed by atoms with Gasteiger partial charge in [-0.05, 0) is 194 Å². The van der Waals surface area contributed by atoms with Gasteiger partial charge in [0.25, 0.3) is 0 Å². The van der Waals surface area contributed by atoms with Gasteiger partial charge in [-0.1, -0.05) is 106 Å². The number of nitrogen functional groups attached to an aromatic ring is 2. The number of halogens is 4. The average molecular weight is 2120 g/mol. The second-order valence-corrected chi connectivity index (χ2v) is 41.4. The summed E-state index contributed by atoms with van der Waals surface area (Å²) in [6, 6.07) is 35.8. The molecule has 54 heteroatoms. The normalized spacial score (nSPS) is 11.2. The summed E-state index contributed by atoms with van der Waals surface area (Å²) < 4.78 is 311. The zero-order chi connectivity index (χ0) is 105. The van der Waals surface area contributed by atoms with Gasteiger partial charge in [0.2, 0.25) is 0 Å². The monoisotopic (exact) mass is 2120 g/mol. The molecular weight excluding hydrogens is 2030 g/mol. The van der Waals surface area contributed by atoms with Crippen molar-refractivity contribution in [2.45, 2.75) is 76.2 Å². The molecule has 42 nitrogen and oxygen atoms in total. The van der Waals surface area contributed by atoms with Gasteiger partial charge in [0.1, 0.15) is 64.5 Å². The maximum absolute atomic E-state index is 13.3. The van der Waals surface area contributed by atoms with Crippen LogP contribution in [0.3, 0.4) is 0 Å². The molecular formula is C83H92Cl2F2N2O40S8-8. The first-order valence-corrected chi connectivity index (χ1v) is 51.9.